The van der Waals surface area contributed by atoms with Crippen molar-refractivity contribution in [2.45, 2.75) is 40.3 Å². The molecule has 0 spiro atoms. The van der Waals surface area contributed by atoms with Crippen molar-refractivity contribution >= 4 is 44.8 Å². The minimum absolute atomic E-state index is 0.0708. The van der Waals surface area contributed by atoms with E-state index < -0.39 is 0 Å². The van der Waals surface area contributed by atoms with E-state index in [9.17, 15) is 0 Å². The van der Waals surface area contributed by atoms with Gasteiger partial charge in [-0.1, -0.05) is 39.1 Å². The van der Waals surface area contributed by atoms with Crippen LogP contribution >= 0.6 is 39.1 Å². The second-order valence-corrected chi connectivity index (χ2v) is 6.74. The fraction of sp³-hybridized carbons (Fsp3) is 0.400. The molecule has 0 bridgehead atoms. The Morgan fingerprint density at radius 1 is 1.29 bits per heavy atom. The van der Waals surface area contributed by atoms with E-state index in [1.54, 1.807) is 0 Å². The van der Waals surface area contributed by atoms with E-state index >= 15 is 0 Å². The van der Waals surface area contributed by atoms with E-state index in [-0.39, 0.29) is 6.04 Å². The SMILES string of the molecule is CCn1nc(C)c(C(C)Nc2c(Cl)cc(Br)cc2Cl)c1C. The van der Waals surface area contributed by atoms with Crippen LogP contribution in [0.4, 0.5) is 5.69 Å². The summed E-state index contributed by atoms with van der Waals surface area (Å²) in [6.07, 6.45) is 0. The Morgan fingerprint density at radius 2 is 1.86 bits per heavy atom. The minimum atomic E-state index is 0.0708. The lowest BCUT2D eigenvalue weighted by Gasteiger charge is -2.18. The van der Waals surface area contributed by atoms with Gasteiger partial charge in [0.25, 0.3) is 0 Å². The molecule has 0 aliphatic carbocycles. The molecule has 21 heavy (non-hydrogen) atoms. The van der Waals surface area contributed by atoms with Gasteiger partial charge in [-0.3, -0.25) is 4.68 Å². The maximum atomic E-state index is 6.28. The van der Waals surface area contributed by atoms with Crippen molar-refractivity contribution in [1.82, 2.24) is 9.78 Å². The molecule has 2 rings (SSSR count). The van der Waals surface area contributed by atoms with Gasteiger partial charge in [0.15, 0.2) is 0 Å². The number of hydrogen-bond donors (Lipinski definition) is 1. The van der Waals surface area contributed by atoms with E-state index in [1.807, 2.05) is 23.7 Å². The van der Waals surface area contributed by atoms with Crippen molar-refractivity contribution in [3.8, 4) is 0 Å². The van der Waals surface area contributed by atoms with Crippen LogP contribution in [0, 0.1) is 13.8 Å². The average Bonchev–Trinajstić information content (AvgIpc) is 2.68. The summed E-state index contributed by atoms with van der Waals surface area (Å²) in [5, 5.41) is 9.15. The summed E-state index contributed by atoms with van der Waals surface area (Å²) >= 11 is 15.9. The summed E-state index contributed by atoms with van der Waals surface area (Å²) in [6, 6.07) is 3.73. The minimum Gasteiger partial charge on any atom is -0.376 e. The average molecular weight is 391 g/mol. The summed E-state index contributed by atoms with van der Waals surface area (Å²) in [5.41, 5.74) is 4.13. The number of aromatic nitrogens is 2. The van der Waals surface area contributed by atoms with Crippen molar-refractivity contribution in [1.29, 1.82) is 0 Å². The number of nitrogens with one attached hydrogen (secondary N) is 1. The van der Waals surface area contributed by atoms with E-state index in [2.05, 4.69) is 47.1 Å². The van der Waals surface area contributed by atoms with E-state index in [4.69, 9.17) is 23.2 Å². The highest BCUT2D eigenvalue weighted by Crippen LogP contribution is 2.36. The molecule has 0 saturated carbocycles. The van der Waals surface area contributed by atoms with Crippen LogP contribution in [0.1, 0.15) is 36.8 Å². The van der Waals surface area contributed by atoms with Gasteiger partial charge in [-0.25, -0.2) is 0 Å². The largest absolute Gasteiger partial charge is 0.376 e. The summed E-state index contributed by atoms with van der Waals surface area (Å²) in [5.74, 6) is 0. The molecule has 0 fully saturated rings. The molecular formula is C15H18BrCl2N3. The molecule has 1 N–H and O–H groups in total. The van der Waals surface area contributed by atoms with Gasteiger partial charge in [0.1, 0.15) is 0 Å². The fourth-order valence-electron chi connectivity index (χ4n) is 2.61. The summed E-state index contributed by atoms with van der Waals surface area (Å²) < 4.78 is 2.87. The Kier molecular flexibility index (Phi) is 5.23. The maximum Gasteiger partial charge on any atom is 0.0724 e. The molecule has 1 unspecified atom stereocenters. The number of hydrogen-bond acceptors (Lipinski definition) is 2. The lowest BCUT2D eigenvalue weighted by atomic mass is 10.1. The predicted octanol–water partition coefficient (Wildman–Crippen LogP) is 5.76. The van der Waals surface area contributed by atoms with Crippen LogP contribution in [-0.4, -0.2) is 9.78 Å². The van der Waals surface area contributed by atoms with Gasteiger partial charge < -0.3 is 5.32 Å². The number of aryl methyl sites for hydroxylation is 2. The van der Waals surface area contributed by atoms with Crippen LogP contribution in [0.3, 0.4) is 0 Å². The number of rotatable bonds is 4. The monoisotopic (exact) mass is 389 g/mol. The van der Waals surface area contributed by atoms with Crippen LogP contribution in [0.2, 0.25) is 10.0 Å². The van der Waals surface area contributed by atoms with Gasteiger partial charge in [0, 0.05) is 22.3 Å². The standard InChI is InChI=1S/C15H18BrCl2N3/c1-5-21-10(4)14(9(3)20-21)8(2)19-15-12(17)6-11(16)7-13(15)18/h6-8,19H,5H2,1-4H3. The molecule has 2 aromatic rings. The van der Waals surface area contributed by atoms with Crippen LogP contribution in [0.5, 0.6) is 0 Å². The molecule has 0 aliphatic rings. The first-order valence-electron chi connectivity index (χ1n) is 6.80. The summed E-state index contributed by atoms with van der Waals surface area (Å²) in [4.78, 5) is 0. The van der Waals surface area contributed by atoms with Crippen molar-refractivity contribution in [3.05, 3.63) is 43.6 Å². The molecule has 6 heteroatoms. The molecule has 0 saturated heterocycles. The molecule has 1 aromatic carbocycles. The zero-order valence-electron chi connectivity index (χ0n) is 12.5. The first-order chi connectivity index (χ1) is 9.85. The molecule has 1 heterocycles. The van der Waals surface area contributed by atoms with Crippen molar-refractivity contribution in [2.24, 2.45) is 0 Å². The highest BCUT2D eigenvalue weighted by Gasteiger charge is 2.19. The summed E-state index contributed by atoms with van der Waals surface area (Å²) in [6.45, 7) is 9.15. The van der Waals surface area contributed by atoms with E-state index in [1.165, 1.54) is 11.3 Å². The topological polar surface area (TPSA) is 29.9 Å². The molecule has 0 radical (unpaired) electrons. The third kappa shape index (κ3) is 3.38. The van der Waals surface area contributed by atoms with E-state index in [0.717, 1.165) is 22.4 Å². The number of halogens is 3. The third-order valence-electron chi connectivity index (χ3n) is 3.54. The van der Waals surface area contributed by atoms with Gasteiger partial charge in [0.05, 0.1) is 27.5 Å². The molecular weight excluding hydrogens is 373 g/mol. The normalized spacial score (nSPS) is 12.5. The Hall–Kier alpha value is -0.710. The smallest absolute Gasteiger partial charge is 0.0724 e. The van der Waals surface area contributed by atoms with Crippen molar-refractivity contribution in [3.63, 3.8) is 0 Å². The van der Waals surface area contributed by atoms with Gasteiger partial charge in [-0.2, -0.15) is 5.10 Å². The first-order valence-corrected chi connectivity index (χ1v) is 8.35. The Labute approximate surface area is 143 Å². The molecule has 1 atom stereocenters. The second kappa shape index (κ2) is 6.59. The van der Waals surface area contributed by atoms with Gasteiger partial charge in [-0.05, 0) is 39.8 Å². The number of benzene rings is 1. The molecule has 1 aromatic heterocycles. The maximum absolute atomic E-state index is 6.28. The Morgan fingerprint density at radius 3 is 2.33 bits per heavy atom. The second-order valence-electron chi connectivity index (χ2n) is 5.01. The Bertz CT molecular complexity index is 644. The van der Waals surface area contributed by atoms with Crippen molar-refractivity contribution in [2.75, 3.05) is 5.32 Å². The lowest BCUT2D eigenvalue weighted by Crippen LogP contribution is -2.10. The molecule has 3 nitrogen and oxygen atoms in total. The van der Waals surface area contributed by atoms with E-state index in [0.29, 0.717) is 10.0 Å². The molecule has 0 aliphatic heterocycles. The van der Waals surface area contributed by atoms with Gasteiger partial charge in [0.2, 0.25) is 0 Å². The molecule has 114 valence electrons. The van der Waals surface area contributed by atoms with Crippen LogP contribution in [0.15, 0.2) is 16.6 Å². The zero-order chi connectivity index (χ0) is 15.7. The number of nitrogens with zero attached hydrogens (tertiary/aromatic N) is 2. The zero-order valence-corrected chi connectivity index (χ0v) is 15.6. The lowest BCUT2D eigenvalue weighted by molar-refractivity contribution is 0.632. The first kappa shape index (κ1) is 16.7. The summed E-state index contributed by atoms with van der Waals surface area (Å²) in [7, 11) is 0. The van der Waals surface area contributed by atoms with Gasteiger partial charge >= 0.3 is 0 Å². The van der Waals surface area contributed by atoms with Gasteiger partial charge in [-0.15, -0.1) is 0 Å². The van der Waals surface area contributed by atoms with Crippen molar-refractivity contribution < 1.29 is 0 Å². The fourth-order valence-corrected chi connectivity index (χ4v) is 3.93. The molecule has 0 amide bonds. The quantitative estimate of drug-likeness (QED) is 0.718. The number of anilines is 1. The predicted molar refractivity (Wildman–Crippen MR) is 93.6 cm³/mol. The van der Waals surface area contributed by atoms with Crippen LogP contribution < -0.4 is 5.32 Å². The highest BCUT2D eigenvalue weighted by molar-refractivity contribution is 9.10. The van der Waals surface area contributed by atoms with Crippen LogP contribution in [0.25, 0.3) is 0 Å². The highest BCUT2D eigenvalue weighted by atomic mass is 79.9. The van der Waals surface area contributed by atoms with Crippen LogP contribution in [-0.2, 0) is 6.54 Å². The third-order valence-corrected chi connectivity index (χ3v) is 4.59. The Balaban J connectivity index is 2.35.